The Labute approximate surface area is 136 Å². The highest BCUT2D eigenvalue weighted by Gasteiger charge is 2.31. The molecule has 0 bridgehead atoms. The maximum Gasteiger partial charge on any atom is 0.223 e. The lowest BCUT2D eigenvalue weighted by Gasteiger charge is -2.40. The van der Waals surface area contributed by atoms with Gasteiger partial charge in [-0.2, -0.15) is 0 Å². The van der Waals surface area contributed by atoms with Gasteiger partial charge in [-0.1, -0.05) is 41.9 Å². The number of carbonyl (C=O) groups excluding carboxylic acids is 1. The number of nitrogens with zero attached hydrogens (tertiary/aromatic N) is 1. The summed E-state index contributed by atoms with van der Waals surface area (Å²) in [5.74, 6) is 0.990. The lowest BCUT2D eigenvalue weighted by molar-refractivity contribution is -0.136. The standard InChI is InChI=1S/C17H25BrN2O/c1-12-4-3-9-20(16(12)11-19)17(21)10-13(2)14-5-7-15(18)8-6-14/h5-8,12-13,16H,3-4,9-11,19H2,1-2H3. The van der Waals surface area contributed by atoms with Crippen molar-refractivity contribution in [3.05, 3.63) is 34.3 Å². The molecule has 116 valence electrons. The van der Waals surface area contributed by atoms with Gasteiger partial charge in [0.1, 0.15) is 0 Å². The van der Waals surface area contributed by atoms with Gasteiger partial charge in [-0.3, -0.25) is 4.79 Å². The van der Waals surface area contributed by atoms with Gasteiger partial charge < -0.3 is 10.6 Å². The van der Waals surface area contributed by atoms with E-state index < -0.39 is 0 Å². The van der Waals surface area contributed by atoms with Gasteiger partial charge in [0.2, 0.25) is 5.91 Å². The van der Waals surface area contributed by atoms with Crippen LogP contribution in [0.5, 0.6) is 0 Å². The molecule has 1 aromatic carbocycles. The SMILES string of the molecule is CC(CC(=O)N1CCCC(C)C1CN)c1ccc(Br)cc1. The summed E-state index contributed by atoms with van der Waals surface area (Å²) in [4.78, 5) is 14.6. The lowest BCUT2D eigenvalue weighted by Crippen LogP contribution is -2.51. The van der Waals surface area contributed by atoms with E-state index in [9.17, 15) is 4.79 Å². The summed E-state index contributed by atoms with van der Waals surface area (Å²) in [7, 11) is 0. The van der Waals surface area contributed by atoms with Gasteiger partial charge in [-0.15, -0.1) is 0 Å². The zero-order valence-corrected chi connectivity index (χ0v) is 14.5. The fraction of sp³-hybridized carbons (Fsp3) is 0.588. The van der Waals surface area contributed by atoms with Gasteiger partial charge in [0.05, 0.1) is 0 Å². The number of hydrogen-bond acceptors (Lipinski definition) is 2. The predicted molar refractivity (Wildman–Crippen MR) is 90.1 cm³/mol. The first-order valence-corrected chi connectivity index (χ1v) is 8.57. The minimum Gasteiger partial charge on any atom is -0.338 e. The zero-order valence-electron chi connectivity index (χ0n) is 12.9. The molecule has 3 atom stereocenters. The summed E-state index contributed by atoms with van der Waals surface area (Å²) < 4.78 is 1.07. The first-order valence-electron chi connectivity index (χ1n) is 7.78. The number of rotatable bonds is 4. The van der Waals surface area contributed by atoms with Crippen LogP contribution in [0.1, 0.15) is 44.6 Å². The van der Waals surface area contributed by atoms with Crippen molar-refractivity contribution < 1.29 is 4.79 Å². The maximum absolute atomic E-state index is 12.6. The molecule has 0 aliphatic carbocycles. The molecule has 3 unspecified atom stereocenters. The molecule has 0 aromatic heterocycles. The Morgan fingerprint density at radius 3 is 2.71 bits per heavy atom. The summed E-state index contributed by atoms with van der Waals surface area (Å²) in [6, 6.07) is 8.44. The first-order chi connectivity index (χ1) is 10.0. The van der Waals surface area contributed by atoms with Gasteiger partial charge in [0.15, 0.2) is 0 Å². The number of halogens is 1. The van der Waals surface area contributed by atoms with E-state index in [1.807, 2.05) is 17.0 Å². The zero-order chi connectivity index (χ0) is 15.4. The molecule has 1 heterocycles. The van der Waals surface area contributed by atoms with E-state index in [1.54, 1.807) is 0 Å². The van der Waals surface area contributed by atoms with Crippen LogP contribution >= 0.6 is 15.9 Å². The van der Waals surface area contributed by atoms with Crippen molar-refractivity contribution in [3.8, 4) is 0 Å². The van der Waals surface area contributed by atoms with Gasteiger partial charge in [-0.05, 0) is 42.4 Å². The number of hydrogen-bond donors (Lipinski definition) is 1. The molecule has 2 N–H and O–H groups in total. The Bertz CT molecular complexity index is 474. The third-order valence-electron chi connectivity index (χ3n) is 4.60. The maximum atomic E-state index is 12.6. The fourth-order valence-electron chi connectivity index (χ4n) is 3.21. The highest BCUT2D eigenvalue weighted by molar-refractivity contribution is 9.10. The van der Waals surface area contributed by atoms with Crippen LogP contribution in [0, 0.1) is 5.92 Å². The molecule has 3 nitrogen and oxygen atoms in total. The number of carbonyl (C=O) groups is 1. The molecule has 1 fully saturated rings. The average molecular weight is 353 g/mol. The number of amides is 1. The van der Waals surface area contributed by atoms with Crippen LogP contribution in [0.2, 0.25) is 0 Å². The molecule has 1 saturated heterocycles. The van der Waals surface area contributed by atoms with Crippen molar-refractivity contribution in [3.63, 3.8) is 0 Å². The van der Waals surface area contributed by atoms with E-state index in [2.05, 4.69) is 41.9 Å². The number of piperidine rings is 1. The molecule has 0 saturated carbocycles. The predicted octanol–water partition coefficient (Wildman–Crippen LogP) is 3.53. The van der Waals surface area contributed by atoms with Crippen LogP contribution in [0.4, 0.5) is 0 Å². The topological polar surface area (TPSA) is 46.3 Å². The molecule has 1 aliphatic rings. The molecule has 0 spiro atoms. The molecule has 0 radical (unpaired) electrons. The Hall–Kier alpha value is -0.870. The highest BCUT2D eigenvalue weighted by atomic mass is 79.9. The van der Waals surface area contributed by atoms with E-state index in [0.717, 1.165) is 17.4 Å². The van der Waals surface area contributed by atoms with Crippen LogP contribution in [0.3, 0.4) is 0 Å². The monoisotopic (exact) mass is 352 g/mol. The first kappa shape index (κ1) is 16.5. The van der Waals surface area contributed by atoms with E-state index >= 15 is 0 Å². The Kier molecular flexibility index (Phi) is 5.82. The summed E-state index contributed by atoms with van der Waals surface area (Å²) >= 11 is 3.44. The van der Waals surface area contributed by atoms with Gasteiger partial charge >= 0.3 is 0 Å². The molecule has 2 rings (SSSR count). The van der Waals surface area contributed by atoms with Crippen molar-refractivity contribution in [2.75, 3.05) is 13.1 Å². The minimum absolute atomic E-state index is 0.211. The fourth-order valence-corrected chi connectivity index (χ4v) is 3.47. The number of benzene rings is 1. The van der Waals surface area contributed by atoms with E-state index in [4.69, 9.17) is 5.73 Å². The molecular weight excluding hydrogens is 328 g/mol. The smallest absolute Gasteiger partial charge is 0.223 e. The number of nitrogens with two attached hydrogens (primary N) is 1. The van der Waals surface area contributed by atoms with Crippen LogP contribution < -0.4 is 5.73 Å². The highest BCUT2D eigenvalue weighted by Crippen LogP contribution is 2.27. The summed E-state index contributed by atoms with van der Waals surface area (Å²) in [5, 5.41) is 0. The third-order valence-corrected chi connectivity index (χ3v) is 5.13. The van der Waals surface area contributed by atoms with Crippen molar-refractivity contribution in [2.24, 2.45) is 11.7 Å². The summed E-state index contributed by atoms with van der Waals surface area (Å²) in [6.07, 6.45) is 2.83. The van der Waals surface area contributed by atoms with Crippen LogP contribution in [-0.4, -0.2) is 29.9 Å². The Balaban J connectivity index is 2.01. The van der Waals surface area contributed by atoms with E-state index in [-0.39, 0.29) is 17.9 Å². The van der Waals surface area contributed by atoms with Crippen molar-refractivity contribution in [2.45, 2.75) is 45.1 Å². The van der Waals surface area contributed by atoms with Gasteiger partial charge in [-0.25, -0.2) is 0 Å². The van der Waals surface area contributed by atoms with Crippen LogP contribution in [0.15, 0.2) is 28.7 Å². The van der Waals surface area contributed by atoms with Crippen molar-refractivity contribution in [1.82, 2.24) is 4.90 Å². The molecule has 1 amide bonds. The van der Waals surface area contributed by atoms with E-state index in [1.165, 1.54) is 12.0 Å². The lowest BCUT2D eigenvalue weighted by atomic mass is 9.89. The second-order valence-corrected chi connectivity index (χ2v) is 7.08. The van der Waals surface area contributed by atoms with Crippen molar-refractivity contribution in [1.29, 1.82) is 0 Å². The van der Waals surface area contributed by atoms with Crippen LogP contribution in [0.25, 0.3) is 0 Å². The second-order valence-electron chi connectivity index (χ2n) is 6.17. The summed E-state index contributed by atoms with van der Waals surface area (Å²) in [6.45, 7) is 5.75. The molecule has 1 aromatic rings. The summed E-state index contributed by atoms with van der Waals surface area (Å²) in [5.41, 5.74) is 7.09. The molecule has 4 heteroatoms. The normalized spacial score (nSPS) is 23.9. The third kappa shape index (κ3) is 4.07. The average Bonchev–Trinajstić information content (AvgIpc) is 2.47. The largest absolute Gasteiger partial charge is 0.338 e. The molecular formula is C17H25BrN2O. The Morgan fingerprint density at radius 1 is 1.43 bits per heavy atom. The second kappa shape index (κ2) is 7.41. The van der Waals surface area contributed by atoms with Crippen LogP contribution in [-0.2, 0) is 4.79 Å². The molecule has 21 heavy (non-hydrogen) atoms. The minimum atomic E-state index is 0.211. The van der Waals surface area contributed by atoms with Gasteiger partial charge in [0.25, 0.3) is 0 Å². The molecule has 1 aliphatic heterocycles. The van der Waals surface area contributed by atoms with Gasteiger partial charge in [0, 0.05) is 30.0 Å². The van der Waals surface area contributed by atoms with Crippen molar-refractivity contribution >= 4 is 21.8 Å². The van der Waals surface area contributed by atoms with E-state index in [0.29, 0.717) is 18.9 Å². The quantitative estimate of drug-likeness (QED) is 0.900. The Morgan fingerprint density at radius 2 is 2.10 bits per heavy atom. The number of likely N-dealkylation sites (tertiary alicyclic amines) is 1.